The topological polar surface area (TPSA) is 21.3 Å². The van der Waals surface area contributed by atoms with Crippen molar-refractivity contribution in [3.8, 4) is 0 Å². The third-order valence-electron chi connectivity index (χ3n) is 3.15. The van der Waals surface area contributed by atoms with Crippen molar-refractivity contribution in [1.29, 1.82) is 0 Å². The number of alkyl halides is 1. The van der Waals surface area contributed by atoms with Crippen molar-refractivity contribution in [2.75, 3.05) is 32.7 Å². The van der Waals surface area contributed by atoms with E-state index in [0.717, 1.165) is 37.4 Å². The molecule has 0 saturated heterocycles. The number of hydrogen-bond donors (Lipinski definition) is 1. The molecule has 1 aliphatic carbocycles. The molecule has 0 aromatic rings. The maximum Gasteiger partial charge on any atom is 0.0587 e. The maximum absolute atomic E-state index is 5.96. The Bertz CT molecular complexity index is 143. The van der Waals surface area contributed by atoms with Gasteiger partial charge in [-0.2, -0.15) is 0 Å². The van der Waals surface area contributed by atoms with Crippen LogP contribution in [0, 0.1) is 11.8 Å². The lowest BCUT2D eigenvalue weighted by molar-refractivity contribution is 0.190. The predicted octanol–water partition coefficient (Wildman–Crippen LogP) is 2.27. The zero-order valence-electron chi connectivity index (χ0n) is 9.10. The zero-order chi connectivity index (χ0) is 10.2. The highest BCUT2D eigenvalue weighted by Crippen LogP contribution is 2.30. The summed E-state index contributed by atoms with van der Waals surface area (Å²) in [6, 6.07) is 0. The van der Waals surface area contributed by atoms with Gasteiger partial charge in [-0.05, 0) is 31.2 Å². The van der Waals surface area contributed by atoms with Gasteiger partial charge in [0.15, 0.2) is 0 Å². The number of ether oxygens (including phenoxy) is 1. The first-order chi connectivity index (χ1) is 6.88. The van der Waals surface area contributed by atoms with E-state index in [0.29, 0.717) is 0 Å². The van der Waals surface area contributed by atoms with Crippen LogP contribution in [0.1, 0.15) is 25.7 Å². The van der Waals surface area contributed by atoms with E-state index in [1.54, 1.807) is 7.11 Å². The second-order valence-corrected chi connectivity index (χ2v) is 4.46. The molecule has 0 amide bonds. The second kappa shape index (κ2) is 7.49. The molecular formula is C11H22ClNO. The van der Waals surface area contributed by atoms with Gasteiger partial charge in [-0.1, -0.05) is 12.8 Å². The summed E-state index contributed by atoms with van der Waals surface area (Å²) in [6.07, 6.45) is 5.41. The summed E-state index contributed by atoms with van der Waals surface area (Å²) in [6.45, 7) is 2.88. The van der Waals surface area contributed by atoms with Crippen LogP contribution in [-0.4, -0.2) is 32.7 Å². The van der Waals surface area contributed by atoms with Gasteiger partial charge in [-0.3, -0.25) is 0 Å². The van der Waals surface area contributed by atoms with E-state index in [4.69, 9.17) is 16.3 Å². The Kier molecular flexibility index (Phi) is 6.57. The highest BCUT2D eigenvalue weighted by molar-refractivity contribution is 6.18. The molecule has 84 valence electrons. The molecule has 0 radical (unpaired) electrons. The Morgan fingerprint density at radius 2 is 2.00 bits per heavy atom. The number of halogens is 1. The van der Waals surface area contributed by atoms with E-state index in [9.17, 15) is 0 Å². The molecule has 0 heterocycles. The molecule has 0 aromatic carbocycles. The standard InChI is InChI=1S/C11H22ClNO/c1-14-7-6-13-9-11-5-3-2-4-10(11)8-12/h10-11,13H,2-9H2,1H3. The number of hydrogen-bond acceptors (Lipinski definition) is 2. The van der Waals surface area contributed by atoms with Crippen LogP contribution in [-0.2, 0) is 4.74 Å². The summed E-state index contributed by atoms with van der Waals surface area (Å²) in [4.78, 5) is 0. The fourth-order valence-corrected chi connectivity index (χ4v) is 2.62. The molecule has 2 nitrogen and oxygen atoms in total. The van der Waals surface area contributed by atoms with Crippen molar-refractivity contribution in [2.45, 2.75) is 25.7 Å². The summed E-state index contributed by atoms with van der Waals surface area (Å²) in [7, 11) is 1.74. The number of rotatable bonds is 6. The van der Waals surface area contributed by atoms with Crippen molar-refractivity contribution in [1.82, 2.24) is 5.32 Å². The van der Waals surface area contributed by atoms with E-state index in [-0.39, 0.29) is 0 Å². The van der Waals surface area contributed by atoms with E-state index in [1.165, 1.54) is 25.7 Å². The Morgan fingerprint density at radius 1 is 1.29 bits per heavy atom. The Hall–Kier alpha value is 0.210. The average Bonchev–Trinajstić information content (AvgIpc) is 2.25. The summed E-state index contributed by atoms with van der Waals surface area (Å²) in [5.41, 5.74) is 0. The predicted molar refractivity (Wildman–Crippen MR) is 60.9 cm³/mol. The molecule has 1 rings (SSSR count). The summed E-state index contributed by atoms with van der Waals surface area (Å²) in [5, 5.41) is 3.44. The molecule has 0 bridgehead atoms. The summed E-state index contributed by atoms with van der Waals surface area (Å²) < 4.78 is 5.00. The molecular weight excluding hydrogens is 198 g/mol. The smallest absolute Gasteiger partial charge is 0.0587 e. The van der Waals surface area contributed by atoms with Crippen molar-refractivity contribution in [2.24, 2.45) is 11.8 Å². The number of nitrogens with one attached hydrogen (secondary N) is 1. The van der Waals surface area contributed by atoms with Gasteiger partial charge < -0.3 is 10.1 Å². The van der Waals surface area contributed by atoms with Crippen LogP contribution in [0.2, 0.25) is 0 Å². The van der Waals surface area contributed by atoms with E-state index < -0.39 is 0 Å². The largest absolute Gasteiger partial charge is 0.383 e. The minimum absolute atomic E-state index is 0.737. The quantitative estimate of drug-likeness (QED) is 0.547. The Balaban J connectivity index is 2.13. The summed E-state index contributed by atoms with van der Waals surface area (Å²) >= 11 is 5.96. The molecule has 0 spiro atoms. The van der Waals surface area contributed by atoms with Gasteiger partial charge in [0.25, 0.3) is 0 Å². The van der Waals surface area contributed by atoms with Gasteiger partial charge >= 0.3 is 0 Å². The van der Waals surface area contributed by atoms with Crippen molar-refractivity contribution in [3.63, 3.8) is 0 Å². The van der Waals surface area contributed by atoms with E-state index in [1.807, 2.05) is 0 Å². The normalized spacial score (nSPS) is 27.9. The zero-order valence-corrected chi connectivity index (χ0v) is 9.85. The van der Waals surface area contributed by atoms with Gasteiger partial charge in [-0.15, -0.1) is 11.6 Å². The van der Waals surface area contributed by atoms with Crippen LogP contribution in [0.4, 0.5) is 0 Å². The molecule has 1 N–H and O–H groups in total. The van der Waals surface area contributed by atoms with Gasteiger partial charge in [0.1, 0.15) is 0 Å². The van der Waals surface area contributed by atoms with Crippen LogP contribution in [0.5, 0.6) is 0 Å². The average molecular weight is 220 g/mol. The van der Waals surface area contributed by atoms with Crippen molar-refractivity contribution in [3.05, 3.63) is 0 Å². The molecule has 0 aromatic heterocycles. The molecule has 1 aliphatic rings. The molecule has 2 unspecified atom stereocenters. The second-order valence-electron chi connectivity index (χ2n) is 4.16. The molecule has 1 fully saturated rings. The highest BCUT2D eigenvalue weighted by Gasteiger charge is 2.23. The Morgan fingerprint density at radius 3 is 2.64 bits per heavy atom. The van der Waals surface area contributed by atoms with Crippen LogP contribution in [0.3, 0.4) is 0 Å². The van der Waals surface area contributed by atoms with E-state index in [2.05, 4.69) is 5.32 Å². The first-order valence-electron chi connectivity index (χ1n) is 5.64. The maximum atomic E-state index is 5.96. The molecule has 0 aliphatic heterocycles. The molecule has 3 heteroatoms. The monoisotopic (exact) mass is 219 g/mol. The molecule has 1 saturated carbocycles. The van der Waals surface area contributed by atoms with Gasteiger partial charge in [0.05, 0.1) is 6.61 Å². The van der Waals surface area contributed by atoms with Crippen LogP contribution < -0.4 is 5.32 Å². The highest BCUT2D eigenvalue weighted by atomic mass is 35.5. The lowest BCUT2D eigenvalue weighted by Crippen LogP contribution is -2.33. The molecule has 14 heavy (non-hydrogen) atoms. The van der Waals surface area contributed by atoms with Crippen LogP contribution >= 0.6 is 11.6 Å². The van der Waals surface area contributed by atoms with Gasteiger partial charge in [-0.25, -0.2) is 0 Å². The van der Waals surface area contributed by atoms with E-state index >= 15 is 0 Å². The first-order valence-corrected chi connectivity index (χ1v) is 6.17. The fraction of sp³-hybridized carbons (Fsp3) is 1.00. The van der Waals surface area contributed by atoms with Crippen LogP contribution in [0.25, 0.3) is 0 Å². The minimum atomic E-state index is 0.737. The van der Waals surface area contributed by atoms with Crippen molar-refractivity contribution >= 4 is 11.6 Å². The van der Waals surface area contributed by atoms with Crippen LogP contribution in [0.15, 0.2) is 0 Å². The minimum Gasteiger partial charge on any atom is -0.383 e. The SMILES string of the molecule is COCCNCC1CCCCC1CCl. The van der Waals surface area contributed by atoms with Gasteiger partial charge in [0.2, 0.25) is 0 Å². The first kappa shape index (κ1) is 12.3. The lowest BCUT2D eigenvalue weighted by Gasteiger charge is -2.30. The third kappa shape index (κ3) is 4.16. The summed E-state index contributed by atoms with van der Waals surface area (Å²) in [5.74, 6) is 2.36. The number of methoxy groups -OCH3 is 1. The Labute approximate surface area is 92.3 Å². The lowest BCUT2D eigenvalue weighted by atomic mass is 9.80. The molecule has 2 atom stereocenters. The van der Waals surface area contributed by atoms with Crippen molar-refractivity contribution < 1.29 is 4.74 Å². The fourth-order valence-electron chi connectivity index (χ4n) is 2.22. The third-order valence-corrected chi connectivity index (χ3v) is 3.55. The van der Waals surface area contributed by atoms with Gasteiger partial charge in [0, 0.05) is 19.5 Å².